The number of nitrogens with one attached hydrogen (secondary N) is 1. The van der Waals surface area contributed by atoms with Gasteiger partial charge in [-0.15, -0.1) is 0 Å². The van der Waals surface area contributed by atoms with Gasteiger partial charge in [-0.2, -0.15) is 32.0 Å². The number of aromatic nitrogens is 6. The zero-order valence-electron chi connectivity index (χ0n) is 38.5. The van der Waals surface area contributed by atoms with E-state index in [0.29, 0.717) is 46.8 Å². The minimum absolute atomic E-state index is 0.00515. The molecule has 1 saturated heterocycles. The SMILES string of the molecule is C[Si](C)(C)CCn1ccnc1-c1ccc(N2CCN(c3nc4nc([C@H](Cc5cc(F)cc(F)c5)NC(=O)Cn5nc(C(F)(F)F)c6c5C(F)(F)[C@@H]5C[C@H]65)c(-c5ccc(F)c(C(N)=O)c5)cc4s3)CC2)cc1. The number of alkyl halides is 5. The molecule has 0 spiro atoms. The van der Waals surface area contributed by atoms with Crippen LogP contribution in [0.4, 0.5) is 45.9 Å². The van der Waals surface area contributed by atoms with Crippen molar-refractivity contribution in [3.8, 4) is 22.5 Å². The number of piperazine rings is 1. The molecule has 22 heteroatoms. The van der Waals surface area contributed by atoms with Crippen molar-refractivity contribution in [1.29, 1.82) is 0 Å². The number of imidazole rings is 1. The summed E-state index contributed by atoms with van der Waals surface area (Å²) in [5.41, 5.74) is 4.59. The molecule has 10 rings (SSSR count). The van der Waals surface area contributed by atoms with E-state index in [2.05, 4.69) is 73.7 Å². The molecule has 7 aromatic rings. The van der Waals surface area contributed by atoms with Crippen molar-refractivity contribution in [2.45, 2.75) is 75.7 Å². The van der Waals surface area contributed by atoms with E-state index in [9.17, 15) is 35.9 Å². The van der Waals surface area contributed by atoms with E-state index >= 15 is 8.78 Å². The average Bonchev–Trinajstić information content (AvgIpc) is 3.54. The van der Waals surface area contributed by atoms with Crippen molar-refractivity contribution in [3.63, 3.8) is 0 Å². The maximum Gasteiger partial charge on any atom is 0.435 e. The van der Waals surface area contributed by atoms with E-state index in [-0.39, 0.29) is 40.9 Å². The Kier molecular flexibility index (Phi) is 12.1. The van der Waals surface area contributed by atoms with Gasteiger partial charge in [-0.25, -0.2) is 23.1 Å². The molecule has 2 amide bonds. The third-order valence-corrected chi connectivity index (χ3v) is 16.1. The maximum atomic E-state index is 15.5. The van der Waals surface area contributed by atoms with E-state index in [1.165, 1.54) is 23.5 Å². The van der Waals surface area contributed by atoms with E-state index in [4.69, 9.17) is 15.7 Å². The van der Waals surface area contributed by atoms with Crippen LogP contribution in [0.3, 0.4) is 0 Å². The number of nitrogens with two attached hydrogens (primary N) is 1. The normalized spacial score (nSPS) is 17.9. The van der Waals surface area contributed by atoms with E-state index in [1.54, 1.807) is 6.07 Å². The second-order valence-corrected chi connectivity index (χ2v) is 26.1. The lowest BCUT2D eigenvalue weighted by Gasteiger charge is -2.36. The molecule has 1 aliphatic heterocycles. The number of pyridine rings is 1. The molecule has 3 N–H and O–H groups in total. The topological polar surface area (TPSA) is 140 Å². The Morgan fingerprint density at radius 3 is 2.28 bits per heavy atom. The number of aryl methyl sites for hydroxylation is 1. The number of rotatable bonds is 14. The van der Waals surface area contributed by atoms with Crippen LogP contribution in [-0.2, 0) is 36.4 Å². The lowest BCUT2D eigenvalue weighted by molar-refractivity contribution is -0.142. The number of primary amides is 1. The monoisotopic (exact) mass is 1020 g/mol. The predicted molar refractivity (Wildman–Crippen MR) is 254 cm³/mol. The first-order valence-corrected chi connectivity index (χ1v) is 27.5. The highest BCUT2D eigenvalue weighted by Crippen LogP contribution is 2.68. The standard InChI is InChI=1S/C49H46F8N10O2SSi/c1-71(2,3)17-16-65-11-10-59-46(65)27-4-7-31(8-5-27)64-12-14-66(15-13-64)47-62-45-38(70-47)24-32(28-6-9-36(52)34(21-28)44(58)69)41(61-45)37(20-26-18-29(50)22-30(51)19-26)60-39(68)25-67-43-40(42(63-67)49(55,56)57)33-23-35(33)48(43,53)54/h4-11,18-19,21-22,24,33,35,37H,12-17,20,23,25H2,1-3H3,(H2,58,69)(H,60,68)/t33-,35+,37-/m0/s1. The van der Waals surface area contributed by atoms with Crippen LogP contribution in [0, 0.1) is 23.4 Å². The van der Waals surface area contributed by atoms with Gasteiger partial charge in [-0.05, 0) is 90.5 Å². The van der Waals surface area contributed by atoms with Gasteiger partial charge in [0.25, 0.3) is 11.8 Å². The maximum absolute atomic E-state index is 15.5. The molecular formula is C49H46F8N10O2SSi. The largest absolute Gasteiger partial charge is 0.435 e. The van der Waals surface area contributed by atoms with Gasteiger partial charge in [0, 0.05) is 87.6 Å². The highest BCUT2D eigenvalue weighted by atomic mass is 32.1. The molecular weight excluding hydrogens is 973 g/mol. The van der Waals surface area contributed by atoms with E-state index in [1.807, 2.05) is 12.4 Å². The lowest BCUT2D eigenvalue weighted by Crippen LogP contribution is -2.46. The number of halogens is 8. The first-order chi connectivity index (χ1) is 33.6. The number of amides is 2. The van der Waals surface area contributed by atoms with E-state index < -0.39 is 96.4 Å². The highest BCUT2D eigenvalue weighted by molar-refractivity contribution is 7.22. The summed E-state index contributed by atoms with van der Waals surface area (Å²) < 4.78 is 121. The average molecular weight is 1020 g/mol. The number of anilines is 2. The summed E-state index contributed by atoms with van der Waals surface area (Å²) in [5.74, 6) is -10.2. The van der Waals surface area contributed by atoms with Crippen molar-refractivity contribution in [3.05, 3.63) is 130 Å². The number of benzene rings is 3. The van der Waals surface area contributed by atoms with Crippen LogP contribution in [0.15, 0.2) is 79.1 Å². The summed E-state index contributed by atoms with van der Waals surface area (Å²) in [6, 6.07) is 15.9. The van der Waals surface area contributed by atoms with Crippen molar-refractivity contribution < 1.29 is 44.7 Å². The smallest absolute Gasteiger partial charge is 0.368 e. The molecule has 2 fully saturated rings. The summed E-state index contributed by atoms with van der Waals surface area (Å²) in [4.78, 5) is 45.1. The first kappa shape index (κ1) is 48.0. The quantitative estimate of drug-likeness (QED) is 0.0811. The molecule has 0 unspecified atom stereocenters. The highest BCUT2D eigenvalue weighted by Gasteiger charge is 2.68. The summed E-state index contributed by atoms with van der Waals surface area (Å²) >= 11 is 1.29. The second kappa shape index (κ2) is 17.9. The molecule has 12 nitrogen and oxygen atoms in total. The first-order valence-electron chi connectivity index (χ1n) is 22.9. The van der Waals surface area contributed by atoms with Gasteiger partial charge in [-0.1, -0.05) is 37.0 Å². The molecule has 4 aromatic heterocycles. The van der Waals surface area contributed by atoms with Crippen molar-refractivity contribution in [2.24, 2.45) is 11.7 Å². The molecule has 1 saturated carbocycles. The third-order valence-electron chi connectivity index (χ3n) is 13.3. The fraction of sp³-hybridized carbons (Fsp3) is 0.347. The predicted octanol–water partition coefficient (Wildman–Crippen LogP) is 9.93. The Balaban J connectivity index is 0.964. The minimum Gasteiger partial charge on any atom is -0.368 e. The Hall–Kier alpha value is -6.68. The number of thiazole rings is 1. The second-order valence-electron chi connectivity index (χ2n) is 19.5. The van der Waals surface area contributed by atoms with E-state index in [0.717, 1.165) is 47.9 Å². The van der Waals surface area contributed by atoms with Crippen LogP contribution in [0.25, 0.3) is 32.9 Å². The van der Waals surface area contributed by atoms with Crippen LogP contribution < -0.4 is 20.9 Å². The lowest BCUT2D eigenvalue weighted by atomic mass is 9.94. The minimum atomic E-state index is -5.08. The number of fused-ring (bicyclic) bond motifs is 4. The van der Waals surface area contributed by atoms with Gasteiger partial charge in [-0.3, -0.25) is 14.3 Å². The number of carbonyl (C=O) groups is 2. The van der Waals surface area contributed by atoms with Crippen LogP contribution >= 0.6 is 11.3 Å². The molecule has 0 bridgehead atoms. The molecule has 5 heterocycles. The molecule has 2 aliphatic carbocycles. The van der Waals surface area contributed by atoms with Gasteiger partial charge in [0.1, 0.15) is 35.5 Å². The van der Waals surface area contributed by atoms with Gasteiger partial charge < -0.3 is 25.4 Å². The molecule has 71 heavy (non-hydrogen) atoms. The number of hydrogen-bond acceptors (Lipinski definition) is 9. The number of nitrogens with zero attached hydrogens (tertiary/aromatic N) is 8. The summed E-state index contributed by atoms with van der Waals surface area (Å²) in [6.07, 6.45) is -1.78. The molecule has 0 radical (unpaired) electrons. The van der Waals surface area contributed by atoms with Crippen LogP contribution in [0.5, 0.6) is 0 Å². The summed E-state index contributed by atoms with van der Waals surface area (Å²) in [7, 11) is -1.26. The number of carbonyl (C=O) groups excluding carboxylic acids is 2. The van der Waals surface area contributed by atoms with Gasteiger partial charge in [0.05, 0.1) is 22.0 Å². The summed E-state index contributed by atoms with van der Waals surface area (Å²) in [6.45, 7) is 9.29. The number of hydrogen-bond donors (Lipinski definition) is 2. The Morgan fingerprint density at radius 2 is 1.61 bits per heavy atom. The van der Waals surface area contributed by atoms with Crippen molar-refractivity contribution >= 4 is 52.4 Å². The zero-order valence-corrected chi connectivity index (χ0v) is 40.3. The van der Waals surface area contributed by atoms with Crippen molar-refractivity contribution in [1.82, 2.24) is 34.6 Å². The molecule has 370 valence electrons. The fourth-order valence-electron chi connectivity index (χ4n) is 9.71. The summed E-state index contributed by atoms with van der Waals surface area (Å²) in [5, 5.41) is 6.72. The molecule has 3 aliphatic rings. The van der Waals surface area contributed by atoms with Crippen LogP contribution in [0.1, 0.15) is 56.9 Å². The Bertz CT molecular complexity index is 3190. The van der Waals surface area contributed by atoms with Crippen LogP contribution in [-0.4, -0.2) is 75.4 Å². The Morgan fingerprint density at radius 1 is 0.915 bits per heavy atom. The molecule has 3 atom stereocenters. The van der Waals surface area contributed by atoms with Gasteiger partial charge in [0.15, 0.2) is 16.5 Å². The zero-order chi connectivity index (χ0) is 50.3. The Labute approximate surface area is 406 Å². The molecule has 3 aromatic carbocycles. The third kappa shape index (κ3) is 9.50. The van der Waals surface area contributed by atoms with Crippen molar-refractivity contribution in [2.75, 3.05) is 36.0 Å². The van der Waals surface area contributed by atoms with Crippen LogP contribution in [0.2, 0.25) is 25.7 Å². The van der Waals surface area contributed by atoms with Gasteiger partial charge >= 0.3 is 6.18 Å². The van der Waals surface area contributed by atoms with Gasteiger partial charge in [0.2, 0.25) is 5.91 Å². The fourth-order valence-corrected chi connectivity index (χ4v) is 11.6.